The van der Waals surface area contributed by atoms with Gasteiger partial charge in [-0.05, 0) is 17.9 Å². The Labute approximate surface area is 252 Å². The molecule has 0 amide bonds. The van der Waals surface area contributed by atoms with Crippen molar-refractivity contribution < 1.29 is 62.2 Å². The number of ether oxygens (including phenoxy) is 7. The zero-order valence-corrected chi connectivity index (χ0v) is 25.1. The lowest BCUT2D eigenvalue weighted by molar-refractivity contribution is -0.283. The summed E-state index contributed by atoms with van der Waals surface area (Å²) in [5, 5.41) is 12.7. The van der Waals surface area contributed by atoms with Gasteiger partial charge in [-0.25, -0.2) is 9.59 Å². The van der Waals surface area contributed by atoms with Gasteiger partial charge in [0.05, 0.1) is 17.9 Å². The monoisotopic (exact) mass is 614 g/mol. The van der Waals surface area contributed by atoms with Gasteiger partial charge in [-0.15, -0.1) is 0 Å². The third-order valence-corrected chi connectivity index (χ3v) is 10.7. The second-order valence-corrected chi connectivity index (χ2v) is 13.7. The lowest BCUT2D eigenvalue weighted by atomic mass is 9.50. The van der Waals surface area contributed by atoms with E-state index in [0.29, 0.717) is 0 Å². The Morgan fingerprint density at radius 1 is 0.932 bits per heavy atom. The van der Waals surface area contributed by atoms with Gasteiger partial charge in [0, 0.05) is 19.8 Å². The first-order chi connectivity index (χ1) is 20.6. The van der Waals surface area contributed by atoms with E-state index >= 15 is 0 Å². The highest BCUT2D eigenvalue weighted by Crippen LogP contribution is 2.85. The molecule has 0 aromatic heterocycles. The molecule has 1 aromatic rings. The molecule has 4 aliphatic heterocycles. The summed E-state index contributed by atoms with van der Waals surface area (Å²) < 4.78 is 42.6. The van der Waals surface area contributed by atoms with Gasteiger partial charge < -0.3 is 38.3 Å². The summed E-state index contributed by atoms with van der Waals surface area (Å²) in [6.45, 7) is 9.13. The van der Waals surface area contributed by atoms with E-state index < -0.39 is 106 Å². The summed E-state index contributed by atoms with van der Waals surface area (Å²) >= 11 is 0. The molecule has 2 aliphatic carbocycles. The first-order valence-electron chi connectivity index (χ1n) is 14.6. The number of fused-ring (bicyclic) bond motifs is 2. The number of hydrogen-bond donors (Lipinski definition) is 1. The van der Waals surface area contributed by atoms with Gasteiger partial charge in [0.2, 0.25) is 11.9 Å². The number of aliphatic hydroxyl groups is 1. The lowest BCUT2D eigenvalue weighted by Crippen LogP contribution is -2.74. The minimum atomic E-state index is -2.55. The molecule has 6 fully saturated rings. The molecule has 44 heavy (non-hydrogen) atoms. The molecule has 13 nitrogen and oxygen atoms in total. The molecule has 13 heteroatoms. The minimum Gasteiger partial charge on any atom is -0.458 e. The van der Waals surface area contributed by atoms with Gasteiger partial charge >= 0.3 is 29.8 Å². The van der Waals surface area contributed by atoms with E-state index in [2.05, 4.69) is 0 Å². The van der Waals surface area contributed by atoms with Crippen LogP contribution < -0.4 is 0 Å². The first kappa shape index (κ1) is 29.2. The Bertz CT molecular complexity index is 1480. The topological polar surface area (TPSA) is 170 Å². The van der Waals surface area contributed by atoms with Crippen molar-refractivity contribution in [3.63, 3.8) is 0 Å². The van der Waals surface area contributed by atoms with E-state index in [0.717, 1.165) is 19.4 Å². The number of benzene rings is 1. The summed E-state index contributed by atoms with van der Waals surface area (Å²) in [6.07, 6.45) is -8.98. The Balaban J connectivity index is 1.57. The molecule has 2 saturated carbocycles. The van der Waals surface area contributed by atoms with Gasteiger partial charge in [-0.2, -0.15) is 0 Å². The third-order valence-electron chi connectivity index (χ3n) is 10.7. The maximum absolute atomic E-state index is 14.5. The summed E-state index contributed by atoms with van der Waals surface area (Å²) in [7, 11) is 0. The molecule has 4 saturated heterocycles. The van der Waals surface area contributed by atoms with Crippen molar-refractivity contribution in [2.75, 3.05) is 0 Å². The molecule has 1 aromatic carbocycles. The van der Waals surface area contributed by atoms with Crippen LogP contribution in [0.5, 0.6) is 0 Å². The molecule has 2 spiro atoms. The largest absolute Gasteiger partial charge is 0.458 e. The smallest absolute Gasteiger partial charge is 0.343 e. The standard InChI is InChI=1S/C31H34O13/c1-13-23(34)42-21-20(40-15(3)33)29-19(39-14(2)32)17-18(27(4,5)6)28(29)22(38-12-16-10-8-7-9-11-16)24(35)43-26(28)44-31(29,25(36)41-17)30(13,21)37/h7-11,13,17-22,26,37H,12H2,1-6H3/t13-,17-,18?,19?,20+,21?,22+,26?,28?,29?,30-,31?/m1/s1. The van der Waals surface area contributed by atoms with Crippen LogP contribution in [0.2, 0.25) is 0 Å². The Kier molecular flexibility index (Phi) is 5.83. The molecule has 0 radical (unpaired) electrons. The third kappa shape index (κ3) is 2.94. The second-order valence-electron chi connectivity index (χ2n) is 13.7. The lowest BCUT2D eigenvalue weighted by Gasteiger charge is -2.51. The van der Waals surface area contributed by atoms with Crippen molar-refractivity contribution in [2.45, 2.75) is 96.2 Å². The predicted octanol–water partition coefficient (Wildman–Crippen LogP) is 0.967. The first-order valence-corrected chi connectivity index (χ1v) is 14.6. The Morgan fingerprint density at radius 3 is 2.18 bits per heavy atom. The van der Waals surface area contributed by atoms with E-state index in [1.54, 1.807) is 24.3 Å². The SMILES string of the molecule is CC(=O)OC1[C@@H]2OC(=O)C34OC5OC(=O)[C@H](OCc6ccccc6)C5(C2C(C)(C)C)C13[C@@H](OC(C)=O)C1OC(=O)[C@@H](C)[C@@]14O. The van der Waals surface area contributed by atoms with Crippen LogP contribution in [0.15, 0.2) is 30.3 Å². The average Bonchev–Trinajstić information content (AvgIpc) is 3.55. The van der Waals surface area contributed by atoms with Crippen LogP contribution in [0, 0.1) is 28.1 Å². The van der Waals surface area contributed by atoms with Crippen LogP contribution in [-0.4, -0.2) is 83.0 Å². The number of hydrogen-bond acceptors (Lipinski definition) is 13. The summed E-state index contributed by atoms with van der Waals surface area (Å²) in [6, 6.07) is 9.04. The Hall–Kier alpha value is -3.55. The van der Waals surface area contributed by atoms with Crippen molar-refractivity contribution in [1.29, 1.82) is 0 Å². The second kappa shape index (κ2) is 8.79. The van der Waals surface area contributed by atoms with Crippen molar-refractivity contribution >= 4 is 29.8 Å². The zero-order chi connectivity index (χ0) is 31.8. The fourth-order valence-corrected chi connectivity index (χ4v) is 9.77. The van der Waals surface area contributed by atoms with Gasteiger partial charge in [-0.3, -0.25) is 14.4 Å². The van der Waals surface area contributed by atoms with Crippen molar-refractivity contribution in [2.24, 2.45) is 28.1 Å². The van der Waals surface area contributed by atoms with Gasteiger partial charge in [0.15, 0.2) is 30.0 Å². The molecule has 7 rings (SSSR count). The van der Waals surface area contributed by atoms with Crippen LogP contribution in [0.3, 0.4) is 0 Å². The van der Waals surface area contributed by atoms with Gasteiger partial charge in [0.1, 0.15) is 11.5 Å². The van der Waals surface area contributed by atoms with E-state index in [-0.39, 0.29) is 6.61 Å². The zero-order valence-electron chi connectivity index (χ0n) is 25.1. The summed E-state index contributed by atoms with van der Waals surface area (Å²) in [5.74, 6) is -6.65. The Morgan fingerprint density at radius 2 is 1.57 bits per heavy atom. The summed E-state index contributed by atoms with van der Waals surface area (Å²) in [5.41, 5.74) is -8.98. The highest BCUT2D eigenvalue weighted by molar-refractivity contribution is 5.94. The van der Waals surface area contributed by atoms with E-state index in [1.165, 1.54) is 6.92 Å². The number of carbonyl (C=O) groups excluding carboxylic acids is 5. The van der Waals surface area contributed by atoms with E-state index in [9.17, 15) is 29.1 Å². The van der Waals surface area contributed by atoms with Crippen LogP contribution >= 0.6 is 0 Å². The van der Waals surface area contributed by atoms with E-state index in [1.807, 2.05) is 26.8 Å². The molecule has 12 atom stereocenters. The minimum absolute atomic E-state index is 0.0654. The molecule has 236 valence electrons. The van der Waals surface area contributed by atoms with Crippen LogP contribution in [0.4, 0.5) is 0 Å². The number of rotatable bonds is 5. The van der Waals surface area contributed by atoms with Crippen LogP contribution in [0.1, 0.15) is 47.1 Å². The number of carbonyl (C=O) groups is 5. The van der Waals surface area contributed by atoms with Crippen LogP contribution in [0.25, 0.3) is 0 Å². The molecule has 1 N–H and O–H groups in total. The van der Waals surface area contributed by atoms with E-state index in [4.69, 9.17) is 33.2 Å². The average molecular weight is 615 g/mol. The predicted molar refractivity (Wildman–Crippen MR) is 142 cm³/mol. The maximum Gasteiger partial charge on any atom is 0.343 e. The van der Waals surface area contributed by atoms with Gasteiger partial charge in [-0.1, -0.05) is 51.1 Å². The highest BCUT2D eigenvalue weighted by atomic mass is 16.8. The molecule has 7 unspecified atom stereocenters. The van der Waals surface area contributed by atoms with Gasteiger partial charge in [0.25, 0.3) is 0 Å². The molecular weight excluding hydrogens is 580 g/mol. The normalized spacial score (nSPS) is 46.0. The fraction of sp³-hybridized carbons (Fsp3) is 0.645. The molecule has 6 aliphatic rings. The maximum atomic E-state index is 14.5. The molecular formula is C31H34O13. The molecule has 4 heterocycles. The summed E-state index contributed by atoms with van der Waals surface area (Å²) in [4.78, 5) is 67.1. The van der Waals surface area contributed by atoms with Crippen molar-refractivity contribution in [3.8, 4) is 0 Å². The van der Waals surface area contributed by atoms with Crippen molar-refractivity contribution in [1.82, 2.24) is 0 Å². The highest BCUT2D eigenvalue weighted by Gasteiger charge is 3.06. The van der Waals surface area contributed by atoms with Crippen LogP contribution in [-0.2, 0) is 63.7 Å². The molecule has 2 bridgehead atoms. The quantitative estimate of drug-likeness (QED) is 0.368. The number of esters is 5. The fourth-order valence-electron chi connectivity index (χ4n) is 9.77. The van der Waals surface area contributed by atoms with Crippen molar-refractivity contribution in [3.05, 3.63) is 35.9 Å².